The van der Waals surface area contributed by atoms with Gasteiger partial charge in [0.15, 0.2) is 5.75 Å². The first-order valence-corrected chi connectivity index (χ1v) is 9.42. The number of halogens is 3. The summed E-state index contributed by atoms with van der Waals surface area (Å²) in [6.45, 7) is 1.15. The van der Waals surface area contributed by atoms with E-state index in [0.29, 0.717) is 46.1 Å². The highest BCUT2D eigenvalue weighted by molar-refractivity contribution is 9.10. The maximum Gasteiger partial charge on any atom is 0.255 e. The van der Waals surface area contributed by atoms with E-state index in [9.17, 15) is 4.79 Å². The lowest BCUT2D eigenvalue weighted by molar-refractivity contribution is 0.0926. The number of nitrogens with one attached hydrogen (secondary N) is 1. The minimum absolute atomic E-state index is 0.00727. The monoisotopic (exact) mass is 459 g/mol. The smallest absolute Gasteiger partial charge is 0.255 e. The van der Waals surface area contributed by atoms with E-state index in [0.717, 1.165) is 10.9 Å². The second kappa shape index (κ2) is 8.48. The molecule has 0 aliphatic carbocycles. The Labute approximate surface area is 169 Å². The number of methoxy groups -OCH3 is 1. The first-order valence-electron chi connectivity index (χ1n) is 7.87. The summed E-state index contributed by atoms with van der Waals surface area (Å²) in [6.07, 6.45) is 0.786. The van der Waals surface area contributed by atoms with Crippen LogP contribution in [0, 0.1) is 0 Å². The first kappa shape index (κ1) is 19.3. The van der Waals surface area contributed by atoms with E-state index in [-0.39, 0.29) is 11.9 Å². The summed E-state index contributed by atoms with van der Waals surface area (Å²) < 4.78 is 17.1. The molecule has 1 fully saturated rings. The summed E-state index contributed by atoms with van der Waals surface area (Å²) in [6, 6.07) is 8.30. The summed E-state index contributed by atoms with van der Waals surface area (Å²) in [5.74, 6) is 0.930. The normalized spacial score (nSPS) is 16.4. The van der Waals surface area contributed by atoms with Crippen molar-refractivity contribution in [3.8, 4) is 17.2 Å². The van der Waals surface area contributed by atoms with Crippen molar-refractivity contribution < 1.29 is 19.0 Å². The molecule has 3 rings (SSSR count). The van der Waals surface area contributed by atoms with Crippen LogP contribution in [-0.4, -0.2) is 32.3 Å². The Morgan fingerprint density at radius 2 is 2.00 bits per heavy atom. The Bertz CT molecular complexity index is 802. The van der Waals surface area contributed by atoms with Gasteiger partial charge in [0, 0.05) is 11.1 Å². The van der Waals surface area contributed by atoms with Crippen molar-refractivity contribution in [1.82, 2.24) is 5.32 Å². The standard InChI is InChI=1S/C18H16BrCl2NO4/c1-24-16-3-2-12(26-17-14(20)6-10(19)7-15(17)21)8-13(16)18(23)22-11-4-5-25-9-11/h2-3,6-8,11H,4-5,9H2,1H3,(H,22,23)/t11-/m0/s1. The molecule has 0 saturated carbocycles. The highest BCUT2D eigenvalue weighted by Crippen LogP contribution is 2.39. The predicted octanol–water partition coefficient (Wildman–Crippen LogP) is 5.08. The maximum absolute atomic E-state index is 12.6. The summed E-state index contributed by atoms with van der Waals surface area (Å²) >= 11 is 15.7. The van der Waals surface area contributed by atoms with Gasteiger partial charge in [0.05, 0.1) is 35.4 Å². The fourth-order valence-electron chi connectivity index (χ4n) is 2.58. The van der Waals surface area contributed by atoms with Crippen molar-refractivity contribution in [2.24, 2.45) is 0 Å². The molecule has 1 aliphatic heterocycles. The number of ether oxygens (including phenoxy) is 3. The second-order valence-electron chi connectivity index (χ2n) is 5.70. The molecule has 1 heterocycles. The lowest BCUT2D eigenvalue weighted by Crippen LogP contribution is -2.35. The van der Waals surface area contributed by atoms with E-state index in [1.54, 1.807) is 30.3 Å². The summed E-state index contributed by atoms with van der Waals surface area (Å²) in [5, 5.41) is 3.65. The SMILES string of the molecule is COc1ccc(Oc2c(Cl)cc(Br)cc2Cl)cc1C(=O)N[C@H]1CCOC1. The number of carbonyl (C=O) groups excluding carboxylic acids is 1. The van der Waals surface area contributed by atoms with Gasteiger partial charge in [-0.3, -0.25) is 4.79 Å². The van der Waals surface area contributed by atoms with Crippen molar-refractivity contribution in [2.75, 3.05) is 20.3 Å². The molecule has 1 amide bonds. The molecule has 0 bridgehead atoms. The molecular formula is C18H16BrCl2NO4. The lowest BCUT2D eigenvalue weighted by Gasteiger charge is -2.15. The number of amides is 1. The molecule has 1 atom stereocenters. The first-order chi connectivity index (χ1) is 12.5. The Morgan fingerprint density at radius 3 is 2.62 bits per heavy atom. The van der Waals surface area contributed by atoms with Crippen LogP contribution in [0.3, 0.4) is 0 Å². The van der Waals surface area contributed by atoms with Crippen LogP contribution in [0.5, 0.6) is 17.2 Å². The molecule has 0 unspecified atom stereocenters. The molecular weight excluding hydrogens is 445 g/mol. The van der Waals surface area contributed by atoms with Crippen molar-refractivity contribution >= 4 is 45.0 Å². The second-order valence-corrected chi connectivity index (χ2v) is 7.43. The van der Waals surface area contributed by atoms with Gasteiger partial charge in [-0.05, 0) is 36.8 Å². The van der Waals surface area contributed by atoms with Gasteiger partial charge in [-0.15, -0.1) is 0 Å². The maximum atomic E-state index is 12.6. The third-order valence-electron chi connectivity index (χ3n) is 3.86. The van der Waals surface area contributed by atoms with Gasteiger partial charge < -0.3 is 19.5 Å². The number of hydrogen-bond acceptors (Lipinski definition) is 4. The fourth-order valence-corrected chi connectivity index (χ4v) is 3.87. The third kappa shape index (κ3) is 4.43. The summed E-state index contributed by atoms with van der Waals surface area (Å²) in [4.78, 5) is 12.6. The number of hydrogen-bond donors (Lipinski definition) is 1. The molecule has 2 aromatic carbocycles. The predicted molar refractivity (Wildman–Crippen MR) is 104 cm³/mol. The van der Waals surface area contributed by atoms with Crippen LogP contribution in [0.4, 0.5) is 0 Å². The van der Waals surface area contributed by atoms with Crippen LogP contribution < -0.4 is 14.8 Å². The molecule has 5 nitrogen and oxygen atoms in total. The largest absolute Gasteiger partial charge is 0.496 e. The van der Waals surface area contributed by atoms with E-state index < -0.39 is 0 Å². The van der Waals surface area contributed by atoms with Gasteiger partial charge in [-0.2, -0.15) is 0 Å². The molecule has 1 N–H and O–H groups in total. The van der Waals surface area contributed by atoms with Crippen molar-refractivity contribution in [1.29, 1.82) is 0 Å². The van der Waals surface area contributed by atoms with Crippen LogP contribution in [-0.2, 0) is 4.74 Å². The molecule has 8 heteroatoms. The molecule has 26 heavy (non-hydrogen) atoms. The van der Waals surface area contributed by atoms with E-state index in [1.807, 2.05) is 0 Å². The Hall–Kier alpha value is -1.47. The van der Waals surface area contributed by atoms with Gasteiger partial charge in [-0.1, -0.05) is 39.1 Å². The van der Waals surface area contributed by atoms with Crippen LogP contribution in [0.2, 0.25) is 10.0 Å². The molecule has 0 radical (unpaired) electrons. The molecule has 0 spiro atoms. The van der Waals surface area contributed by atoms with Gasteiger partial charge in [0.2, 0.25) is 0 Å². The third-order valence-corrected chi connectivity index (χ3v) is 4.88. The summed E-state index contributed by atoms with van der Waals surface area (Å²) in [5.41, 5.74) is 0.362. The van der Waals surface area contributed by atoms with Gasteiger partial charge in [-0.25, -0.2) is 0 Å². The zero-order valence-electron chi connectivity index (χ0n) is 13.9. The van der Waals surface area contributed by atoms with Crippen LogP contribution in [0.15, 0.2) is 34.8 Å². The number of benzene rings is 2. The lowest BCUT2D eigenvalue weighted by atomic mass is 10.1. The molecule has 138 valence electrons. The topological polar surface area (TPSA) is 56.8 Å². The average molecular weight is 461 g/mol. The van der Waals surface area contributed by atoms with Gasteiger partial charge in [0.25, 0.3) is 5.91 Å². The molecule has 1 aliphatic rings. The highest BCUT2D eigenvalue weighted by atomic mass is 79.9. The number of rotatable bonds is 5. The fraction of sp³-hybridized carbons (Fsp3) is 0.278. The molecule has 0 aromatic heterocycles. The number of carbonyl (C=O) groups is 1. The van der Waals surface area contributed by atoms with E-state index in [4.69, 9.17) is 37.4 Å². The zero-order chi connectivity index (χ0) is 18.7. The molecule has 1 saturated heterocycles. The Kier molecular flexibility index (Phi) is 6.29. The quantitative estimate of drug-likeness (QED) is 0.676. The van der Waals surface area contributed by atoms with Crippen LogP contribution in [0.25, 0.3) is 0 Å². The van der Waals surface area contributed by atoms with Gasteiger partial charge in [0.1, 0.15) is 11.5 Å². The molecule has 2 aromatic rings. The van der Waals surface area contributed by atoms with Crippen molar-refractivity contribution in [3.63, 3.8) is 0 Å². The van der Waals surface area contributed by atoms with Crippen molar-refractivity contribution in [2.45, 2.75) is 12.5 Å². The zero-order valence-corrected chi connectivity index (χ0v) is 17.0. The Balaban J connectivity index is 1.86. The van der Waals surface area contributed by atoms with Crippen LogP contribution >= 0.6 is 39.1 Å². The minimum atomic E-state index is -0.254. The van der Waals surface area contributed by atoms with Gasteiger partial charge >= 0.3 is 0 Å². The van der Waals surface area contributed by atoms with E-state index in [2.05, 4.69) is 21.2 Å². The highest BCUT2D eigenvalue weighted by Gasteiger charge is 2.21. The van der Waals surface area contributed by atoms with Crippen LogP contribution in [0.1, 0.15) is 16.8 Å². The minimum Gasteiger partial charge on any atom is -0.496 e. The van der Waals surface area contributed by atoms with Crippen molar-refractivity contribution in [3.05, 3.63) is 50.4 Å². The van der Waals surface area contributed by atoms with E-state index in [1.165, 1.54) is 7.11 Å². The van der Waals surface area contributed by atoms with E-state index >= 15 is 0 Å². The summed E-state index contributed by atoms with van der Waals surface area (Å²) in [7, 11) is 1.51. The Morgan fingerprint density at radius 1 is 1.27 bits per heavy atom. The average Bonchev–Trinajstić information content (AvgIpc) is 3.10.